The molecule has 1 atom stereocenters. The van der Waals surface area contributed by atoms with E-state index in [1.807, 2.05) is 6.20 Å². The van der Waals surface area contributed by atoms with E-state index in [0.29, 0.717) is 6.04 Å². The highest BCUT2D eigenvalue weighted by molar-refractivity contribution is 5.32. The van der Waals surface area contributed by atoms with Crippen molar-refractivity contribution < 1.29 is 0 Å². The third-order valence-corrected chi connectivity index (χ3v) is 2.66. The second kappa shape index (κ2) is 4.00. The van der Waals surface area contributed by atoms with Crippen molar-refractivity contribution in [1.82, 2.24) is 15.3 Å². The normalized spacial score (nSPS) is 22.7. The minimum atomic E-state index is 0.555. The van der Waals surface area contributed by atoms with Gasteiger partial charge in [-0.05, 0) is 13.3 Å². The Morgan fingerprint density at radius 2 is 2.50 bits per heavy atom. The van der Waals surface area contributed by atoms with E-state index in [2.05, 4.69) is 34.0 Å². The Morgan fingerprint density at radius 1 is 1.64 bits per heavy atom. The van der Waals surface area contributed by atoms with Crippen LogP contribution in [-0.2, 0) is 6.42 Å². The zero-order chi connectivity index (χ0) is 9.97. The summed E-state index contributed by atoms with van der Waals surface area (Å²) in [6.45, 7) is 7.47. The number of aromatic amines is 1. The first kappa shape index (κ1) is 9.52. The van der Waals surface area contributed by atoms with Gasteiger partial charge in [-0.15, -0.1) is 0 Å². The van der Waals surface area contributed by atoms with Crippen LogP contribution in [0.3, 0.4) is 0 Å². The highest BCUT2D eigenvalue weighted by atomic mass is 15.3. The zero-order valence-corrected chi connectivity index (χ0v) is 8.88. The number of nitrogens with zero attached hydrogens (tertiary/aromatic N) is 2. The number of piperazine rings is 1. The molecule has 2 heterocycles. The summed E-state index contributed by atoms with van der Waals surface area (Å²) in [6.07, 6.45) is 2.96. The number of anilines is 1. The Labute approximate surface area is 84.7 Å². The van der Waals surface area contributed by atoms with Crippen molar-refractivity contribution in [2.75, 3.05) is 24.5 Å². The molecular formula is C10H18N4. The van der Waals surface area contributed by atoms with Gasteiger partial charge in [-0.2, -0.15) is 0 Å². The lowest BCUT2D eigenvalue weighted by atomic mass is 10.2. The highest BCUT2D eigenvalue weighted by Gasteiger charge is 2.17. The van der Waals surface area contributed by atoms with Gasteiger partial charge in [0.25, 0.3) is 0 Å². The van der Waals surface area contributed by atoms with E-state index in [1.54, 1.807) is 0 Å². The molecule has 0 bridgehead atoms. The molecule has 2 rings (SSSR count). The molecule has 0 radical (unpaired) electrons. The van der Waals surface area contributed by atoms with E-state index in [4.69, 9.17) is 0 Å². The van der Waals surface area contributed by atoms with Crippen LogP contribution in [0.2, 0.25) is 0 Å². The third kappa shape index (κ3) is 1.90. The van der Waals surface area contributed by atoms with Crippen LogP contribution in [0.5, 0.6) is 0 Å². The summed E-state index contributed by atoms with van der Waals surface area (Å²) in [5, 5.41) is 3.42. The smallest absolute Gasteiger partial charge is 0.203 e. The average Bonchev–Trinajstić information content (AvgIpc) is 2.66. The number of imidazole rings is 1. The Kier molecular flexibility index (Phi) is 2.72. The summed E-state index contributed by atoms with van der Waals surface area (Å²) in [7, 11) is 0. The number of H-pyrrole nitrogens is 1. The van der Waals surface area contributed by atoms with Crippen molar-refractivity contribution in [2.45, 2.75) is 26.3 Å². The van der Waals surface area contributed by atoms with Crippen molar-refractivity contribution in [3.8, 4) is 0 Å². The largest absolute Gasteiger partial charge is 0.340 e. The maximum atomic E-state index is 4.39. The standard InChI is InChI=1S/C10H18N4/c1-3-9-6-12-10(13-9)14-5-4-11-8(2)7-14/h6,8,11H,3-5,7H2,1-2H3,(H,12,13)/t8-/m0/s1. The van der Waals surface area contributed by atoms with E-state index in [9.17, 15) is 0 Å². The van der Waals surface area contributed by atoms with Gasteiger partial charge < -0.3 is 15.2 Å². The van der Waals surface area contributed by atoms with Crippen molar-refractivity contribution >= 4 is 5.95 Å². The van der Waals surface area contributed by atoms with Gasteiger partial charge in [0.15, 0.2) is 0 Å². The molecule has 0 unspecified atom stereocenters. The first-order chi connectivity index (χ1) is 6.79. The maximum absolute atomic E-state index is 4.39. The fraction of sp³-hybridized carbons (Fsp3) is 0.700. The van der Waals surface area contributed by atoms with E-state index >= 15 is 0 Å². The predicted molar refractivity (Wildman–Crippen MR) is 57.6 cm³/mol. The first-order valence-electron chi connectivity index (χ1n) is 5.32. The molecular weight excluding hydrogens is 176 g/mol. The number of hydrogen-bond donors (Lipinski definition) is 2. The first-order valence-corrected chi connectivity index (χ1v) is 5.32. The molecule has 1 fully saturated rings. The number of hydrogen-bond acceptors (Lipinski definition) is 3. The fourth-order valence-electron chi connectivity index (χ4n) is 1.81. The molecule has 0 saturated carbocycles. The van der Waals surface area contributed by atoms with Crippen LogP contribution in [0.15, 0.2) is 6.20 Å². The second-order valence-corrected chi connectivity index (χ2v) is 3.89. The lowest BCUT2D eigenvalue weighted by molar-refractivity contribution is 0.480. The van der Waals surface area contributed by atoms with Crippen LogP contribution in [0.4, 0.5) is 5.95 Å². The molecule has 78 valence electrons. The summed E-state index contributed by atoms with van der Waals surface area (Å²) >= 11 is 0. The molecule has 0 aliphatic carbocycles. The van der Waals surface area contributed by atoms with Crippen molar-refractivity contribution in [3.63, 3.8) is 0 Å². The van der Waals surface area contributed by atoms with Gasteiger partial charge in [0.1, 0.15) is 0 Å². The average molecular weight is 194 g/mol. The predicted octanol–water partition coefficient (Wildman–Crippen LogP) is 0.770. The van der Waals surface area contributed by atoms with Crippen LogP contribution < -0.4 is 10.2 Å². The summed E-state index contributed by atoms with van der Waals surface area (Å²) < 4.78 is 0. The van der Waals surface area contributed by atoms with Crippen LogP contribution in [0.25, 0.3) is 0 Å². The van der Waals surface area contributed by atoms with Crippen molar-refractivity contribution in [3.05, 3.63) is 11.9 Å². The molecule has 4 heteroatoms. The van der Waals surface area contributed by atoms with Crippen LogP contribution in [-0.4, -0.2) is 35.6 Å². The number of nitrogens with one attached hydrogen (secondary N) is 2. The number of rotatable bonds is 2. The summed E-state index contributed by atoms with van der Waals surface area (Å²) in [6, 6.07) is 0.555. The third-order valence-electron chi connectivity index (χ3n) is 2.66. The summed E-state index contributed by atoms with van der Waals surface area (Å²) in [5.41, 5.74) is 1.21. The van der Waals surface area contributed by atoms with Gasteiger partial charge in [-0.25, -0.2) is 4.98 Å². The topological polar surface area (TPSA) is 44.0 Å². The zero-order valence-electron chi connectivity index (χ0n) is 8.88. The molecule has 1 aliphatic heterocycles. The lowest BCUT2D eigenvalue weighted by Crippen LogP contribution is -2.49. The van der Waals surface area contributed by atoms with Gasteiger partial charge in [0.05, 0.1) is 6.20 Å². The molecule has 1 aromatic heterocycles. The molecule has 1 aromatic rings. The second-order valence-electron chi connectivity index (χ2n) is 3.89. The molecule has 14 heavy (non-hydrogen) atoms. The molecule has 4 nitrogen and oxygen atoms in total. The van der Waals surface area contributed by atoms with Gasteiger partial charge in [0.2, 0.25) is 5.95 Å². The minimum absolute atomic E-state index is 0.555. The molecule has 0 amide bonds. The molecule has 1 saturated heterocycles. The Bertz CT molecular complexity index is 294. The lowest BCUT2D eigenvalue weighted by Gasteiger charge is -2.31. The van der Waals surface area contributed by atoms with E-state index in [1.165, 1.54) is 5.69 Å². The molecule has 1 aliphatic rings. The Balaban J connectivity index is 2.06. The Morgan fingerprint density at radius 3 is 3.14 bits per heavy atom. The molecule has 0 spiro atoms. The SMILES string of the molecule is CCc1cnc(N2CCN[C@@H](C)C2)[nH]1. The number of aromatic nitrogens is 2. The van der Waals surface area contributed by atoms with Gasteiger partial charge in [-0.1, -0.05) is 6.92 Å². The van der Waals surface area contributed by atoms with Crippen LogP contribution in [0.1, 0.15) is 19.5 Å². The highest BCUT2D eigenvalue weighted by Crippen LogP contribution is 2.11. The van der Waals surface area contributed by atoms with Crippen molar-refractivity contribution in [2.24, 2.45) is 0 Å². The Hall–Kier alpha value is -1.03. The summed E-state index contributed by atoms with van der Waals surface area (Å²) in [4.78, 5) is 10.0. The molecule has 0 aromatic carbocycles. The van der Waals surface area contributed by atoms with E-state index in [-0.39, 0.29) is 0 Å². The van der Waals surface area contributed by atoms with E-state index in [0.717, 1.165) is 32.0 Å². The maximum Gasteiger partial charge on any atom is 0.203 e. The summed E-state index contributed by atoms with van der Waals surface area (Å²) in [5.74, 6) is 1.02. The van der Waals surface area contributed by atoms with Crippen LogP contribution in [0, 0.1) is 0 Å². The fourth-order valence-corrected chi connectivity index (χ4v) is 1.81. The van der Waals surface area contributed by atoms with Gasteiger partial charge in [0, 0.05) is 31.4 Å². The van der Waals surface area contributed by atoms with E-state index < -0.39 is 0 Å². The van der Waals surface area contributed by atoms with Gasteiger partial charge in [-0.3, -0.25) is 0 Å². The van der Waals surface area contributed by atoms with Gasteiger partial charge >= 0.3 is 0 Å². The monoisotopic (exact) mass is 194 g/mol. The van der Waals surface area contributed by atoms with Crippen molar-refractivity contribution in [1.29, 1.82) is 0 Å². The molecule has 2 N–H and O–H groups in total. The van der Waals surface area contributed by atoms with Crippen LogP contribution >= 0.6 is 0 Å². The minimum Gasteiger partial charge on any atom is -0.340 e. The quantitative estimate of drug-likeness (QED) is 0.731. The number of aryl methyl sites for hydroxylation is 1.